The lowest BCUT2D eigenvalue weighted by molar-refractivity contribution is -0.134. The molecule has 1 atom stereocenters. The van der Waals surface area contributed by atoms with Crippen LogP contribution >= 0.6 is 11.6 Å². The molecule has 7 heteroatoms. The summed E-state index contributed by atoms with van der Waals surface area (Å²) < 4.78 is 5.79. The Morgan fingerprint density at radius 2 is 2.08 bits per heavy atom. The molecule has 2 heterocycles. The molecule has 0 bridgehead atoms. The summed E-state index contributed by atoms with van der Waals surface area (Å²) in [6.45, 7) is 4.34. The average molecular weight is 373 g/mol. The number of benzene rings is 1. The van der Waals surface area contributed by atoms with E-state index in [9.17, 15) is 4.79 Å². The normalized spacial score (nSPS) is 20.2. The summed E-state index contributed by atoms with van der Waals surface area (Å²) in [6.07, 6.45) is 3.59. The number of piperazine rings is 1. The van der Waals surface area contributed by atoms with E-state index in [1.807, 2.05) is 23.1 Å². The summed E-state index contributed by atoms with van der Waals surface area (Å²) in [5.74, 6) is 2.49. The highest BCUT2D eigenvalue weighted by molar-refractivity contribution is 6.30. The maximum Gasteiger partial charge on any atom is 0.226 e. The summed E-state index contributed by atoms with van der Waals surface area (Å²) in [6, 6.07) is 9.20. The first kappa shape index (κ1) is 17.1. The zero-order valence-corrected chi connectivity index (χ0v) is 15.4. The van der Waals surface area contributed by atoms with E-state index in [1.165, 1.54) is 6.33 Å². The van der Waals surface area contributed by atoms with Crippen molar-refractivity contribution in [2.24, 2.45) is 5.92 Å². The number of rotatable bonds is 4. The fraction of sp³-hybridized carbons (Fsp3) is 0.421. The number of hydrogen-bond acceptors (Lipinski definition) is 5. The number of amides is 1. The van der Waals surface area contributed by atoms with Crippen molar-refractivity contribution < 1.29 is 9.53 Å². The smallest absolute Gasteiger partial charge is 0.226 e. The SMILES string of the molecule is C[C@H]1CN(c2cc(Oc3cccc(Cl)c3)ncn2)CCN1C(=O)C1CC1. The third-order valence-electron chi connectivity index (χ3n) is 4.81. The maximum atomic E-state index is 12.3. The Morgan fingerprint density at radius 1 is 1.23 bits per heavy atom. The molecule has 1 aromatic carbocycles. The van der Waals surface area contributed by atoms with E-state index in [1.54, 1.807) is 12.1 Å². The molecular weight excluding hydrogens is 352 g/mol. The van der Waals surface area contributed by atoms with E-state index in [0.717, 1.165) is 38.3 Å². The van der Waals surface area contributed by atoms with Gasteiger partial charge in [-0.2, -0.15) is 0 Å². The van der Waals surface area contributed by atoms with Gasteiger partial charge in [0, 0.05) is 42.7 Å². The highest BCUT2D eigenvalue weighted by Gasteiger charge is 2.37. The largest absolute Gasteiger partial charge is 0.439 e. The zero-order valence-electron chi connectivity index (χ0n) is 14.6. The Morgan fingerprint density at radius 3 is 2.81 bits per heavy atom. The molecule has 2 fully saturated rings. The second-order valence-corrected chi connectivity index (χ2v) is 7.31. The van der Waals surface area contributed by atoms with Gasteiger partial charge in [-0.1, -0.05) is 17.7 Å². The lowest BCUT2D eigenvalue weighted by Crippen LogP contribution is -2.54. The molecule has 0 unspecified atom stereocenters. The van der Waals surface area contributed by atoms with Crippen LogP contribution in [-0.4, -0.2) is 46.5 Å². The van der Waals surface area contributed by atoms with E-state index in [2.05, 4.69) is 21.8 Å². The summed E-state index contributed by atoms with van der Waals surface area (Å²) in [7, 11) is 0. The van der Waals surface area contributed by atoms with Gasteiger partial charge < -0.3 is 14.5 Å². The predicted octanol–water partition coefficient (Wildman–Crippen LogP) is 3.37. The lowest BCUT2D eigenvalue weighted by Gasteiger charge is -2.40. The molecule has 1 saturated carbocycles. The van der Waals surface area contributed by atoms with Crippen molar-refractivity contribution in [2.75, 3.05) is 24.5 Å². The van der Waals surface area contributed by atoms with Crippen molar-refractivity contribution in [3.8, 4) is 11.6 Å². The monoisotopic (exact) mass is 372 g/mol. The van der Waals surface area contributed by atoms with Crippen LogP contribution in [0.15, 0.2) is 36.7 Å². The van der Waals surface area contributed by atoms with Gasteiger partial charge >= 0.3 is 0 Å². The Bertz CT molecular complexity index is 812. The molecule has 6 nitrogen and oxygen atoms in total. The minimum atomic E-state index is 0.170. The molecule has 0 N–H and O–H groups in total. The zero-order chi connectivity index (χ0) is 18.1. The van der Waals surface area contributed by atoms with Gasteiger partial charge in [-0.05, 0) is 38.0 Å². The van der Waals surface area contributed by atoms with Gasteiger partial charge in [0.2, 0.25) is 11.8 Å². The van der Waals surface area contributed by atoms with Crippen LogP contribution in [0.25, 0.3) is 0 Å². The van der Waals surface area contributed by atoms with E-state index in [4.69, 9.17) is 16.3 Å². The highest BCUT2D eigenvalue weighted by Crippen LogP contribution is 2.32. The minimum absolute atomic E-state index is 0.170. The first-order valence-corrected chi connectivity index (χ1v) is 9.29. The Hall–Kier alpha value is -2.34. The number of carbonyl (C=O) groups excluding carboxylic acids is 1. The van der Waals surface area contributed by atoms with E-state index in [0.29, 0.717) is 22.6 Å². The van der Waals surface area contributed by atoms with Gasteiger partial charge in [0.05, 0.1) is 0 Å². The molecule has 1 aromatic heterocycles. The van der Waals surface area contributed by atoms with Crippen LogP contribution in [0.3, 0.4) is 0 Å². The first-order chi connectivity index (χ1) is 12.6. The van der Waals surface area contributed by atoms with E-state index < -0.39 is 0 Å². The Kier molecular flexibility index (Phi) is 4.68. The number of nitrogens with zero attached hydrogens (tertiary/aromatic N) is 4. The van der Waals surface area contributed by atoms with Gasteiger partial charge in [-0.3, -0.25) is 4.79 Å². The summed E-state index contributed by atoms with van der Waals surface area (Å²) in [5, 5.41) is 0.613. The summed E-state index contributed by atoms with van der Waals surface area (Å²) >= 11 is 5.99. The minimum Gasteiger partial charge on any atom is -0.439 e. The van der Waals surface area contributed by atoms with Gasteiger partial charge in [0.25, 0.3) is 0 Å². The molecule has 0 radical (unpaired) electrons. The van der Waals surface area contributed by atoms with E-state index in [-0.39, 0.29) is 12.0 Å². The van der Waals surface area contributed by atoms with E-state index >= 15 is 0 Å². The fourth-order valence-corrected chi connectivity index (χ4v) is 3.45. The molecule has 0 spiro atoms. The molecule has 1 aliphatic heterocycles. The van der Waals surface area contributed by atoms with Crippen molar-refractivity contribution in [1.29, 1.82) is 0 Å². The second-order valence-electron chi connectivity index (χ2n) is 6.87. The number of anilines is 1. The Labute approximate surface area is 157 Å². The quantitative estimate of drug-likeness (QED) is 0.823. The van der Waals surface area contributed by atoms with Crippen molar-refractivity contribution in [3.63, 3.8) is 0 Å². The third-order valence-corrected chi connectivity index (χ3v) is 5.04. The lowest BCUT2D eigenvalue weighted by atomic mass is 10.1. The van der Waals surface area contributed by atoms with Crippen LogP contribution < -0.4 is 9.64 Å². The molecule has 1 saturated heterocycles. The van der Waals surface area contributed by atoms with Crippen molar-refractivity contribution in [2.45, 2.75) is 25.8 Å². The number of hydrogen-bond donors (Lipinski definition) is 0. The molecule has 1 aliphatic carbocycles. The molecular formula is C19H21ClN4O2. The van der Waals surface area contributed by atoms with Crippen molar-refractivity contribution >= 4 is 23.3 Å². The van der Waals surface area contributed by atoms with Crippen LogP contribution in [0, 0.1) is 5.92 Å². The third kappa shape index (κ3) is 3.75. The molecule has 26 heavy (non-hydrogen) atoms. The molecule has 2 aliphatic rings. The van der Waals surface area contributed by atoms with Crippen molar-refractivity contribution in [1.82, 2.24) is 14.9 Å². The molecule has 1 amide bonds. The van der Waals surface area contributed by atoms with Crippen molar-refractivity contribution in [3.05, 3.63) is 41.7 Å². The molecule has 4 rings (SSSR count). The summed E-state index contributed by atoms with van der Waals surface area (Å²) in [4.78, 5) is 25.1. The standard InChI is InChI=1S/C19H21ClN4O2/c1-13-11-23(7-8-24(13)19(25)14-5-6-14)17-10-18(22-12-21-17)26-16-4-2-3-15(20)9-16/h2-4,9-10,12-14H,5-8,11H2,1H3/t13-/m0/s1. The topological polar surface area (TPSA) is 58.6 Å². The van der Waals surface area contributed by atoms with Gasteiger partial charge in [-0.25, -0.2) is 9.97 Å². The number of carbonyl (C=O) groups is 1. The number of aromatic nitrogens is 2. The van der Waals surface area contributed by atoms with Gasteiger partial charge in [0.15, 0.2) is 0 Å². The predicted molar refractivity (Wildman–Crippen MR) is 99.7 cm³/mol. The maximum absolute atomic E-state index is 12.3. The Balaban J connectivity index is 1.44. The second kappa shape index (κ2) is 7.11. The summed E-state index contributed by atoms with van der Waals surface area (Å²) in [5.41, 5.74) is 0. The van der Waals surface area contributed by atoms with Gasteiger partial charge in [0.1, 0.15) is 17.9 Å². The fourth-order valence-electron chi connectivity index (χ4n) is 3.27. The van der Waals surface area contributed by atoms with Crippen LogP contribution in [0.2, 0.25) is 5.02 Å². The molecule has 2 aromatic rings. The van der Waals surface area contributed by atoms with Gasteiger partial charge in [-0.15, -0.1) is 0 Å². The molecule has 136 valence electrons. The van der Waals surface area contributed by atoms with Crippen LogP contribution in [0.4, 0.5) is 5.82 Å². The number of halogens is 1. The highest BCUT2D eigenvalue weighted by atomic mass is 35.5. The van der Waals surface area contributed by atoms with Crippen LogP contribution in [-0.2, 0) is 4.79 Å². The van der Waals surface area contributed by atoms with Crippen LogP contribution in [0.1, 0.15) is 19.8 Å². The first-order valence-electron chi connectivity index (χ1n) is 8.91. The number of ether oxygens (including phenoxy) is 1. The average Bonchev–Trinajstić information content (AvgIpc) is 3.46. The van der Waals surface area contributed by atoms with Crippen LogP contribution in [0.5, 0.6) is 11.6 Å².